The van der Waals surface area contributed by atoms with Crippen molar-refractivity contribution >= 4 is 0 Å². The summed E-state index contributed by atoms with van der Waals surface area (Å²) in [6, 6.07) is 10.6. The number of hydrogen-bond acceptors (Lipinski definition) is 2. The van der Waals surface area contributed by atoms with Crippen LogP contribution in [0, 0.1) is 5.92 Å². The molecule has 2 aliphatic heterocycles. The van der Waals surface area contributed by atoms with E-state index >= 15 is 0 Å². The summed E-state index contributed by atoms with van der Waals surface area (Å²) in [5.41, 5.74) is 1.38. The van der Waals surface area contributed by atoms with E-state index in [9.17, 15) is 5.11 Å². The van der Waals surface area contributed by atoms with Gasteiger partial charge in [-0.2, -0.15) is 0 Å². The zero-order chi connectivity index (χ0) is 11.7. The van der Waals surface area contributed by atoms with Crippen LogP contribution in [0.15, 0.2) is 30.3 Å². The van der Waals surface area contributed by atoms with E-state index < -0.39 is 0 Å². The molecule has 0 unspecified atom stereocenters. The molecular weight excluding hydrogens is 210 g/mol. The monoisotopic (exact) mass is 231 g/mol. The molecule has 2 heteroatoms. The summed E-state index contributed by atoms with van der Waals surface area (Å²) in [5.74, 6) is 0.712. The highest BCUT2D eigenvalue weighted by molar-refractivity contribution is 5.16. The summed E-state index contributed by atoms with van der Waals surface area (Å²) in [7, 11) is 0. The first-order chi connectivity index (χ1) is 8.28. The number of aliphatic hydroxyl groups is 1. The van der Waals surface area contributed by atoms with Gasteiger partial charge in [-0.05, 0) is 50.1 Å². The fraction of sp³-hybridized carbons (Fsp3) is 0.600. The van der Waals surface area contributed by atoms with E-state index in [1.807, 2.05) is 0 Å². The average Bonchev–Trinajstić information content (AvgIpc) is 2.39. The lowest BCUT2D eigenvalue weighted by molar-refractivity contribution is -0.0372. The third kappa shape index (κ3) is 2.12. The van der Waals surface area contributed by atoms with Gasteiger partial charge in [0, 0.05) is 5.54 Å². The Balaban J connectivity index is 1.67. The number of fused-ring (bicyclic) bond motifs is 3. The van der Waals surface area contributed by atoms with Crippen LogP contribution >= 0.6 is 0 Å². The summed E-state index contributed by atoms with van der Waals surface area (Å²) in [5, 5.41) is 13.9. The Morgan fingerprint density at radius 2 is 2.12 bits per heavy atom. The second-order valence-electron chi connectivity index (χ2n) is 5.68. The minimum absolute atomic E-state index is 0.00455. The largest absolute Gasteiger partial charge is 0.391 e. The van der Waals surface area contributed by atoms with Crippen LogP contribution in [0.1, 0.15) is 31.2 Å². The molecule has 0 spiro atoms. The lowest BCUT2D eigenvalue weighted by Crippen LogP contribution is -2.64. The predicted molar refractivity (Wildman–Crippen MR) is 68.8 cm³/mol. The highest BCUT2D eigenvalue weighted by atomic mass is 16.3. The Morgan fingerprint density at radius 1 is 1.29 bits per heavy atom. The molecule has 4 rings (SSSR count). The number of hydrogen-bond donors (Lipinski definition) is 2. The number of piperidine rings is 2. The molecule has 1 aromatic carbocycles. The maximum Gasteiger partial charge on any atom is 0.0724 e. The first kappa shape index (κ1) is 11.2. The third-order valence-electron chi connectivity index (χ3n) is 4.64. The zero-order valence-corrected chi connectivity index (χ0v) is 10.2. The molecule has 0 radical (unpaired) electrons. The molecule has 3 atom stereocenters. The molecule has 2 saturated heterocycles. The van der Waals surface area contributed by atoms with Crippen LogP contribution in [0.25, 0.3) is 0 Å². The molecule has 1 saturated carbocycles. The lowest BCUT2D eigenvalue weighted by atomic mass is 9.68. The van der Waals surface area contributed by atoms with Gasteiger partial charge < -0.3 is 10.4 Å². The minimum Gasteiger partial charge on any atom is -0.391 e. The van der Waals surface area contributed by atoms with Crippen LogP contribution in [0.4, 0.5) is 0 Å². The van der Waals surface area contributed by atoms with Crippen molar-refractivity contribution < 1.29 is 5.11 Å². The highest BCUT2D eigenvalue weighted by Gasteiger charge is 2.46. The van der Waals surface area contributed by atoms with Crippen molar-refractivity contribution in [1.29, 1.82) is 0 Å². The predicted octanol–water partition coefficient (Wildman–Crippen LogP) is 2.12. The van der Waals surface area contributed by atoms with Crippen molar-refractivity contribution in [3.8, 4) is 0 Å². The van der Waals surface area contributed by atoms with Crippen molar-refractivity contribution in [2.24, 2.45) is 5.92 Å². The fourth-order valence-electron chi connectivity index (χ4n) is 3.42. The van der Waals surface area contributed by atoms with Gasteiger partial charge in [0.1, 0.15) is 0 Å². The van der Waals surface area contributed by atoms with Gasteiger partial charge in [0.15, 0.2) is 0 Å². The van der Waals surface area contributed by atoms with Crippen LogP contribution < -0.4 is 5.32 Å². The Hall–Kier alpha value is -0.860. The molecule has 2 nitrogen and oxygen atoms in total. The second-order valence-corrected chi connectivity index (χ2v) is 5.68. The molecule has 2 heterocycles. The van der Waals surface area contributed by atoms with Gasteiger partial charge in [-0.25, -0.2) is 0 Å². The average molecular weight is 231 g/mol. The van der Waals surface area contributed by atoms with Crippen molar-refractivity contribution in [2.75, 3.05) is 6.54 Å². The van der Waals surface area contributed by atoms with Gasteiger partial charge in [-0.3, -0.25) is 0 Å². The molecule has 2 N–H and O–H groups in total. The number of aryl methyl sites for hydroxylation is 1. The lowest BCUT2D eigenvalue weighted by Gasteiger charge is -2.51. The molecule has 92 valence electrons. The van der Waals surface area contributed by atoms with Crippen molar-refractivity contribution in [2.45, 2.75) is 43.7 Å². The van der Waals surface area contributed by atoms with Crippen LogP contribution in [-0.2, 0) is 6.42 Å². The second kappa shape index (κ2) is 4.43. The summed E-state index contributed by atoms with van der Waals surface area (Å²) in [6.45, 7) is 1.10. The molecule has 2 bridgehead atoms. The van der Waals surface area contributed by atoms with Crippen LogP contribution in [0.2, 0.25) is 0 Å². The Labute approximate surface area is 103 Å². The molecular formula is C15H21NO. The molecule has 1 aliphatic carbocycles. The molecule has 1 aromatic rings. The van der Waals surface area contributed by atoms with Crippen LogP contribution in [0.5, 0.6) is 0 Å². The maximum atomic E-state index is 10.3. The number of aliphatic hydroxyl groups excluding tert-OH is 1. The van der Waals surface area contributed by atoms with Crippen molar-refractivity contribution in [3.05, 3.63) is 35.9 Å². The highest BCUT2D eigenvalue weighted by Crippen LogP contribution is 2.39. The van der Waals surface area contributed by atoms with E-state index in [2.05, 4.69) is 35.6 Å². The van der Waals surface area contributed by atoms with Crippen LogP contribution in [0.3, 0.4) is 0 Å². The Kier molecular flexibility index (Phi) is 2.93. The van der Waals surface area contributed by atoms with Gasteiger partial charge in [-0.1, -0.05) is 30.3 Å². The summed E-state index contributed by atoms with van der Waals surface area (Å²) < 4.78 is 0. The van der Waals surface area contributed by atoms with E-state index in [0.717, 1.165) is 32.2 Å². The normalized spacial score (nSPS) is 36.1. The van der Waals surface area contributed by atoms with Gasteiger partial charge in [0.2, 0.25) is 0 Å². The molecule has 3 fully saturated rings. The van der Waals surface area contributed by atoms with Gasteiger partial charge in [-0.15, -0.1) is 0 Å². The summed E-state index contributed by atoms with van der Waals surface area (Å²) >= 11 is 0. The standard InChI is InChI=1S/C15H21NO/c17-14-10-13-7-9-15(14,16-11-13)8-6-12-4-2-1-3-5-12/h1-5,13-14,16-17H,6-11H2/t13-,14+,15-/m1/s1. The Bertz CT molecular complexity index is 368. The van der Waals surface area contributed by atoms with Crippen LogP contribution in [-0.4, -0.2) is 23.3 Å². The third-order valence-corrected chi connectivity index (χ3v) is 4.64. The quantitative estimate of drug-likeness (QED) is 0.835. The van der Waals surface area contributed by atoms with E-state index in [-0.39, 0.29) is 11.6 Å². The zero-order valence-electron chi connectivity index (χ0n) is 10.2. The molecule has 0 amide bonds. The van der Waals surface area contributed by atoms with E-state index in [1.54, 1.807) is 0 Å². The SMILES string of the molecule is O[C@H]1C[C@H]2CC[C@@]1(CCc1ccccc1)NC2. The van der Waals surface area contributed by atoms with Gasteiger partial charge in [0.05, 0.1) is 6.10 Å². The molecule has 3 aliphatic rings. The first-order valence-electron chi connectivity index (χ1n) is 6.75. The topological polar surface area (TPSA) is 32.3 Å². The minimum atomic E-state index is -0.140. The summed E-state index contributed by atoms with van der Waals surface area (Å²) in [4.78, 5) is 0. The fourth-order valence-corrected chi connectivity index (χ4v) is 3.42. The van der Waals surface area contributed by atoms with E-state index in [1.165, 1.54) is 12.0 Å². The van der Waals surface area contributed by atoms with Crippen molar-refractivity contribution in [3.63, 3.8) is 0 Å². The number of benzene rings is 1. The maximum absolute atomic E-state index is 10.3. The molecule has 0 aromatic heterocycles. The van der Waals surface area contributed by atoms with Crippen molar-refractivity contribution in [1.82, 2.24) is 5.32 Å². The first-order valence-corrected chi connectivity index (χ1v) is 6.75. The Morgan fingerprint density at radius 3 is 2.76 bits per heavy atom. The van der Waals surface area contributed by atoms with E-state index in [4.69, 9.17) is 0 Å². The number of nitrogens with one attached hydrogen (secondary N) is 1. The van der Waals surface area contributed by atoms with Gasteiger partial charge in [0.25, 0.3) is 0 Å². The smallest absolute Gasteiger partial charge is 0.0724 e. The summed E-state index contributed by atoms with van der Waals surface area (Å²) in [6.07, 6.45) is 5.42. The molecule has 17 heavy (non-hydrogen) atoms. The van der Waals surface area contributed by atoms with Gasteiger partial charge >= 0.3 is 0 Å². The van der Waals surface area contributed by atoms with E-state index in [0.29, 0.717) is 5.92 Å². The number of rotatable bonds is 3.